The van der Waals surface area contributed by atoms with Gasteiger partial charge < -0.3 is 0 Å². The fraction of sp³-hybridized carbons (Fsp3) is 0.333. The highest BCUT2D eigenvalue weighted by atomic mass is 15.1. The molecule has 86 valence electrons. The van der Waals surface area contributed by atoms with Crippen molar-refractivity contribution in [2.75, 3.05) is 0 Å². The molecule has 1 aliphatic carbocycles. The molecule has 1 aromatic heterocycles. The van der Waals surface area contributed by atoms with Crippen molar-refractivity contribution in [3.63, 3.8) is 0 Å². The zero-order valence-electron chi connectivity index (χ0n) is 9.84. The Morgan fingerprint density at radius 2 is 1.59 bits per heavy atom. The molecule has 1 aliphatic rings. The molecule has 0 bridgehead atoms. The van der Waals surface area contributed by atoms with E-state index in [9.17, 15) is 0 Å². The molecule has 2 aromatic rings. The van der Waals surface area contributed by atoms with E-state index < -0.39 is 0 Å². The third-order valence-corrected chi connectivity index (χ3v) is 3.53. The number of benzene rings is 1. The van der Waals surface area contributed by atoms with Crippen LogP contribution in [0.2, 0.25) is 0 Å². The summed E-state index contributed by atoms with van der Waals surface area (Å²) in [5, 5.41) is 8.73. The quantitative estimate of drug-likeness (QED) is 0.775. The Hall–Kier alpha value is -1.70. The van der Waals surface area contributed by atoms with Crippen LogP contribution >= 0.6 is 0 Å². The first-order valence-electron chi connectivity index (χ1n) is 6.32. The van der Waals surface area contributed by atoms with Gasteiger partial charge in [0.2, 0.25) is 0 Å². The van der Waals surface area contributed by atoms with Gasteiger partial charge in [0.1, 0.15) is 0 Å². The molecule has 0 aliphatic heterocycles. The van der Waals surface area contributed by atoms with Crippen LogP contribution in [0.4, 0.5) is 0 Å². The van der Waals surface area contributed by atoms with E-state index in [4.69, 9.17) is 0 Å². The first kappa shape index (κ1) is 10.5. The molecule has 0 radical (unpaired) electrons. The molecule has 0 amide bonds. The highest BCUT2D eigenvalue weighted by Gasteiger charge is 2.18. The van der Waals surface area contributed by atoms with E-state index in [1.165, 1.54) is 31.4 Å². The molecule has 2 heteroatoms. The summed E-state index contributed by atoms with van der Waals surface area (Å²) in [5.74, 6) is 0.646. The summed E-state index contributed by atoms with van der Waals surface area (Å²) in [6, 6.07) is 14.5. The van der Waals surface area contributed by atoms with Crippen LogP contribution in [0.5, 0.6) is 0 Å². The van der Waals surface area contributed by atoms with Crippen LogP contribution in [0.1, 0.15) is 37.3 Å². The van der Waals surface area contributed by atoms with Crippen molar-refractivity contribution >= 4 is 0 Å². The first-order valence-corrected chi connectivity index (χ1v) is 6.32. The Balaban J connectivity index is 1.85. The van der Waals surface area contributed by atoms with Crippen LogP contribution in [0, 0.1) is 0 Å². The third-order valence-electron chi connectivity index (χ3n) is 3.53. The number of nitrogens with zero attached hydrogens (tertiary/aromatic N) is 2. The molecule has 1 fully saturated rings. The van der Waals surface area contributed by atoms with Crippen molar-refractivity contribution in [3.8, 4) is 11.3 Å². The van der Waals surface area contributed by atoms with E-state index in [1.807, 2.05) is 18.2 Å². The standard InChI is InChI=1S/C15H16N2/c1-2-6-12(7-3-1)14-10-11-15(17-16-14)13-8-4-5-9-13/h1-3,6-7,10-11,13H,4-5,8-9H2. The fourth-order valence-corrected chi connectivity index (χ4v) is 2.54. The largest absolute Gasteiger partial charge is 0.155 e. The molecule has 1 aromatic carbocycles. The number of aromatic nitrogens is 2. The van der Waals surface area contributed by atoms with Crippen molar-refractivity contribution in [2.24, 2.45) is 0 Å². The van der Waals surface area contributed by atoms with Gasteiger partial charge in [-0.05, 0) is 25.0 Å². The molecule has 0 unspecified atom stereocenters. The maximum Gasteiger partial charge on any atom is 0.0929 e. The molecule has 0 atom stereocenters. The van der Waals surface area contributed by atoms with Gasteiger partial charge in [0.25, 0.3) is 0 Å². The number of hydrogen-bond donors (Lipinski definition) is 0. The predicted molar refractivity (Wildman–Crippen MR) is 68.7 cm³/mol. The highest BCUT2D eigenvalue weighted by Crippen LogP contribution is 2.32. The van der Waals surface area contributed by atoms with Crippen LogP contribution in [0.15, 0.2) is 42.5 Å². The van der Waals surface area contributed by atoms with Gasteiger partial charge in [-0.15, -0.1) is 0 Å². The molecule has 2 nitrogen and oxygen atoms in total. The monoisotopic (exact) mass is 224 g/mol. The molecule has 0 saturated heterocycles. The average Bonchev–Trinajstić information content (AvgIpc) is 2.94. The molecular formula is C15H16N2. The first-order chi connectivity index (χ1) is 8.43. The van der Waals surface area contributed by atoms with Gasteiger partial charge in [0.05, 0.1) is 11.4 Å². The molecule has 0 N–H and O–H groups in total. The fourth-order valence-electron chi connectivity index (χ4n) is 2.54. The topological polar surface area (TPSA) is 25.8 Å². The van der Waals surface area contributed by atoms with E-state index in [1.54, 1.807) is 0 Å². The molecule has 1 saturated carbocycles. The van der Waals surface area contributed by atoms with E-state index in [0.717, 1.165) is 11.3 Å². The Kier molecular flexibility index (Phi) is 2.87. The van der Waals surface area contributed by atoms with E-state index in [-0.39, 0.29) is 0 Å². The molecular weight excluding hydrogens is 208 g/mol. The second kappa shape index (κ2) is 4.66. The Morgan fingerprint density at radius 3 is 2.24 bits per heavy atom. The van der Waals surface area contributed by atoms with Crippen molar-refractivity contribution in [1.29, 1.82) is 0 Å². The average molecular weight is 224 g/mol. The Bertz CT molecular complexity index is 470. The van der Waals surface area contributed by atoms with Gasteiger partial charge in [-0.3, -0.25) is 0 Å². The summed E-state index contributed by atoms with van der Waals surface area (Å²) < 4.78 is 0. The molecule has 1 heterocycles. The zero-order chi connectivity index (χ0) is 11.5. The maximum absolute atomic E-state index is 4.39. The Morgan fingerprint density at radius 1 is 0.824 bits per heavy atom. The number of hydrogen-bond acceptors (Lipinski definition) is 2. The molecule has 3 rings (SSSR count). The van der Waals surface area contributed by atoms with Gasteiger partial charge in [-0.25, -0.2) is 0 Å². The normalized spacial score (nSPS) is 16.2. The predicted octanol–water partition coefficient (Wildman–Crippen LogP) is 3.80. The lowest BCUT2D eigenvalue weighted by molar-refractivity contribution is 0.681. The van der Waals surface area contributed by atoms with E-state index >= 15 is 0 Å². The lowest BCUT2D eigenvalue weighted by Crippen LogP contribution is -1.98. The summed E-state index contributed by atoms with van der Waals surface area (Å²) >= 11 is 0. The van der Waals surface area contributed by atoms with Crippen LogP contribution in [0.3, 0.4) is 0 Å². The van der Waals surface area contributed by atoms with Crippen LogP contribution in [-0.2, 0) is 0 Å². The maximum atomic E-state index is 4.39. The van der Waals surface area contributed by atoms with Gasteiger partial charge in [-0.2, -0.15) is 10.2 Å². The van der Waals surface area contributed by atoms with Gasteiger partial charge >= 0.3 is 0 Å². The van der Waals surface area contributed by atoms with E-state index in [2.05, 4.69) is 34.5 Å². The smallest absolute Gasteiger partial charge is 0.0929 e. The lowest BCUT2D eigenvalue weighted by atomic mass is 10.0. The minimum Gasteiger partial charge on any atom is -0.155 e. The minimum absolute atomic E-state index is 0.646. The van der Waals surface area contributed by atoms with Crippen molar-refractivity contribution in [1.82, 2.24) is 10.2 Å². The van der Waals surface area contributed by atoms with Crippen molar-refractivity contribution < 1.29 is 0 Å². The van der Waals surface area contributed by atoms with Crippen LogP contribution < -0.4 is 0 Å². The van der Waals surface area contributed by atoms with Gasteiger partial charge in [0.15, 0.2) is 0 Å². The summed E-state index contributed by atoms with van der Waals surface area (Å²) in [5.41, 5.74) is 3.27. The Labute approximate surface area is 102 Å². The summed E-state index contributed by atoms with van der Waals surface area (Å²) in [6.07, 6.45) is 5.23. The second-order valence-electron chi connectivity index (χ2n) is 4.69. The zero-order valence-corrected chi connectivity index (χ0v) is 9.84. The third kappa shape index (κ3) is 2.21. The van der Waals surface area contributed by atoms with Crippen molar-refractivity contribution in [3.05, 3.63) is 48.2 Å². The van der Waals surface area contributed by atoms with Gasteiger partial charge in [0, 0.05) is 11.5 Å². The summed E-state index contributed by atoms with van der Waals surface area (Å²) in [6.45, 7) is 0. The van der Waals surface area contributed by atoms with Crippen LogP contribution in [0.25, 0.3) is 11.3 Å². The molecule has 0 spiro atoms. The van der Waals surface area contributed by atoms with Crippen LogP contribution in [-0.4, -0.2) is 10.2 Å². The highest BCUT2D eigenvalue weighted by molar-refractivity contribution is 5.57. The van der Waals surface area contributed by atoms with E-state index in [0.29, 0.717) is 5.92 Å². The SMILES string of the molecule is c1ccc(-c2ccc(C3CCCC3)nn2)cc1. The summed E-state index contributed by atoms with van der Waals surface area (Å²) in [4.78, 5) is 0. The summed E-state index contributed by atoms with van der Waals surface area (Å²) in [7, 11) is 0. The molecule has 17 heavy (non-hydrogen) atoms. The minimum atomic E-state index is 0.646. The lowest BCUT2D eigenvalue weighted by Gasteiger charge is -2.07. The number of rotatable bonds is 2. The van der Waals surface area contributed by atoms with Crippen molar-refractivity contribution in [2.45, 2.75) is 31.6 Å². The second-order valence-corrected chi connectivity index (χ2v) is 4.69. The van der Waals surface area contributed by atoms with Gasteiger partial charge in [-0.1, -0.05) is 43.2 Å².